The SMILES string of the molecule is CCCCC=CCCSCC. The highest BCUT2D eigenvalue weighted by molar-refractivity contribution is 7.99. The second-order valence-electron chi connectivity index (χ2n) is 2.60. The van der Waals surface area contributed by atoms with Gasteiger partial charge in [-0.25, -0.2) is 0 Å². The van der Waals surface area contributed by atoms with Crippen molar-refractivity contribution in [2.45, 2.75) is 39.5 Å². The van der Waals surface area contributed by atoms with Crippen LogP contribution in [0.1, 0.15) is 39.5 Å². The first-order valence-corrected chi connectivity index (χ1v) is 5.80. The Hall–Kier alpha value is 0.0900. The highest BCUT2D eigenvalue weighted by Crippen LogP contribution is 2.02. The molecule has 0 aromatic rings. The smallest absolute Gasteiger partial charge is 0.00330 e. The third-order valence-corrected chi connectivity index (χ3v) is 2.46. The molecule has 0 aliphatic rings. The fraction of sp³-hybridized carbons (Fsp3) is 0.800. The molecule has 0 saturated carbocycles. The minimum atomic E-state index is 1.25. The van der Waals surface area contributed by atoms with Crippen LogP contribution in [0.4, 0.5) is 0 Å². The summed E-state index contributed by atoms with van der Waals surface area (Å²) in [7, 11) is 0. The number of allylic oxidation sites excluding steroid dienone is 2. The first kappa shape index (κ1) is 11.1. The molecule has 0 spiro atoms. The van der Waals surface area contributed by atoms with Crippen LogP contribution in [0.3, 0.4) is 0 Å². The zero-order valence-electron chi connectivity index (χ0n) is 7.81. The highest BCUT2D eigenvalue weighted by atomic mass is 32.2. The van der Waals surface area contributed by atoms with Gasteiger partial charge in [-0.15, -0.1) is 0 Å². The summed E-state index contributed by atoms with van der Waals surface area (Å²) < 4.78 is 0. The second kappa shape index (κ2) is 10.1. The molecule has 0 fully saturated rings. The van der Waals surface area contributed by atoms with Crippen molar-refractivity contribution in [1.82, 2.24) is 0 Å². The van der Waals surface area contributed by atoms with Crippen molar-refractivity contribution < 1.29 is 0 Å². The molecule has 0 aromatic carbocycles. The summed E-state index contributed by atoms with van der Waals surface area (Å²) in [5, 5.41) is 0. The molecule has 1 heteroatoms. The predicted octanol–water partition coefficient (Wildman–Crippen LogP) is 3.88. The summed E-state index contributed by atoms with van der Waals surface area (Å²) in [5.74, 6) is 2.54. The van der Waals surface area contributed by atoms with Gasteiger partial charge in [0.1, 0.15) is 0 Å². The first-order chi connectivity index (χ1) is 5.41. The van der Waals surface area contributed by atoms with Gasteiger partial charge in [-0.05, 0) is 24.3 Å². The Labute approximate surface area is 75.5 Å². The van der Waals surface area contributed by atoms with E-state index < -0.39 is 0 Å². The summed E-state index contributed by atoms with van der Waals surface area (Å²) in [6, 6.07) is 0. The molecule has 0 radical (unpaired) electrons. The molecule has 0 heterocycles. The molecule has 0 rings (SSSR count). The van der Waals surface area contributed by atoms with Gasteiger partial charge in [0, 0.05) is 0 Å². The number of thioether (sulfide) groups is 1. The quantitative estimate of drug-likeness (QED) is 0.415. The zero-order chi connectivity index (χ0) is 8.36. The second-order valence-corrected chi connectivity index (χ2v) is 3.99. The monoisotopic (exact) mass is 172 g/mol. The average molecular weight is 172 g/mol. The van der Waals surface area contributed by atoms with Gasteiger partial charge in [-0.3, -0.25) is 0 Å². The minimum Gasteiger partial charge on any atom is -0.162 e. The lowest BCUT2D eigenvalue weighted by Crippen LogP contribution is -1.75. The third kappa shape index (κ3) is 10.1. The first-order valence-electron chi connectivity index (χ1n) is 4.64. The van der Waals surface area contributed by atoms with Crippen LogP contribution in [0.15, 0.2) is 12.2 Å². The van der Waals surface area contributed by atoms with E-state index in [1.54, 1.807) is 0 Å². The minimum absolute atomic E-state index is 1.25. The number of hydrogen-bond acceptors (Lipinski definition) is 1. The summed E-state index contributed by atoms with van der Waals surface area (Å²) in [4.78, 5) is 0. The fourth-order valence-electron chi connectivity index (χ4n) is 0.853. The van der Waals surface area contributed by atoms with Crippen LogP contribution in [0.25, 0.3) is 0 Å². The van der Waals surface area contributed by atoms with Gasteiger partial charge in [0.2, 0.25) is 0 Å². The standard InChI is InChI=1S/C10H20S/c1-3-5-6-7-8-9-10-11-4-2/h7-8H,3-6,9-10H2,1-2H3. The summed E-state index contributed by atoms with van der Waals surface area (Å²) in [6.07, 6.45) is 9.82. The predicted molar refractivity (Wildman–Crippen MR) is 56.3 cm³/mol. The average Bonchev–Trinajstić information content (AvgIpc) is 2.03. The van der Waals surface area contributed by atoms with Gasteiger partial charge >= 0.3 is 0 Å². The number of hydrogen-bond donors (Lipinski definition) is 0. The topological polar surface area (TPSA) is 0 Å². The molecule has 0 unspecified atom stereocenters. The van der Waals surface area contributed by atoms with E-state index in [1.807, 2.05) is 11.8 Å². The molecule has 0 aromatic heterocycles. The number of unbranched alkanes of at least 4 members (excludes halogenated alkanes) is 2. The van der Waals surface area contributed by atoms with Gasteiger partial charge in [0.15, 0.2) is 0 Å². The molecule has 0 saturated heterocycles. The third-order valence-electron chi connectivity index (χ3n) is 1.52. The van der Waals surface area contributed by atoms with E-state index >= 15 is 0 Å². The molecule has 0 aliphatic heterocycles. The van der Waals surface area contributed by atoms with Gasteiger partial charge in [-0.2, -0.15) is 11.8 Å². The van der Waals surface area contributed by atoms with Crippen LogP contribution >= 0.6 is 11.8 Å². The van der Waals surface area contributed by atoms with Crippen molar-refractivity contribution in [2.24, 2.45) is 0 Å². The van der Waals surface area contributed by atoms with E-state index in [2.05, 4.69) is 26.0 Å². The molecule has 11 heavy (non-hydrogen) atoms. The maximum Gasteiger partial charge on any atom is -0.00330 e. The van der Waals surface area contributed by atoms with Crippen LogP contribution in [-0.4, -0.2) is 11.5 Å². The largest absolute Gasteiger partial charge is 0.162 e. The Morgan fingerprint density at radius 1 is 1.09 bits per heavy atom. The maximum atomic E-state index is 2.32. The van der Waals surface area contributed by atoms with Crippen molar-refractivity contribution in [3.63, 3.8) is 0 Å². The van der Waals surface area contributed by atoms with Crippen LogP contribution in [0, 0.1) is 0 Å². The Kier molecular flexibility index (Phi) is 10.2. The zero-order valence-corrected chi connectivity index (χ0v) is 8.62. The maximum absolute atomic E-state index is 2.32. The van der Waals surface area contributed by atoms with Crippen molar-refractivity contribution in [3.8, 4) is 0 Å². The summed E-state index contributed by atoms with van der Waals surface area (Å²) in [6.45, 7) is 4.45. The lowest BCUT2D eigenvalue weighted by molar-refractivity contribution is 0.813. The Bertz CT molecular complexity index is 86.9. The molecule has 0 atom stereocenters. The molecular weight excluding hydrogens is 152 g/mol. The van der Waals surface area contributed by atoms with E-state index in [-0.39, 0.29) is 0 Å². The van der Waals surface area contributed by atoms with Crippen molar-refractivity contribution in [1.29, 1.82) is 0 Å². The summed E-state index contributed by atoms with van der Waals surface area (Å²) in [5.41, 5.74) is 0. The Morgan fingerprint density at radius 2 is 1.82 bits per heavy atom. The van der Waals surface area contributed by atoms with Crippen LogP contribution in [0.5, 0.6) is 0 Å². The van der Waals surface area contributed by atoms with E-state index in [9.17, 15) is 0 Å². The molecule has 0 aliphatic carbocycles. The van der Waals surface area contributed by atoms with Gasteiger partial charge in [0.25, 0.3) is 0 Å². The normalized spacial score (nSPS) is 11.1. The lowest BCUT2D eigenvalue weighted by Gasteiger charge is -1.92. The van der Waals surface area contributed by atoms with E-state index in [4.69, 9.17) is 0 Å². The number of rotatable bonds is 7. The van der Waals surface area contributed by atoms with Crippen LogP contribution in [0.2, 0.25) is 0 Å². The van der Waals surface area contributed by atoms with Gasteiger partial charge in [-0.1, -0.05) is 38.8 Å². The molecule has 0 nitrogen and oxygen atoms in total. The van der Waals surface area contributed by atoms with E-state index in [1.165, 1.54) is 37.2 Å². The Morgan fingerprint density at radius 3 is 2.45 bits per heavy atom. The fourth-order valence-corrected chi connectivity index (χ4v) is 1.44. The van der Waals surface area contributed by atoms with Crippen LogP contribution < -0.4 is 0 Å². The lowest BCUT2D eigenvalue weighted by atomic mass is 10.2. The van der Waals surface area contributed by atoms with E-state index in [0.717, 1.165) is 0 Å². The van der Waals surface area contributed by atoms with Gasteiger partial charge in [0.05, 0.1) is 0 Å². The molecule has 0 bridgehead atoms. The van der Waals surface area contributed by atoms with Gasteiger partial charge < -0.3 is 0 Å². The molecule has 0 amide bonds. The summed E-state index contributed by atoms with van der Waals surface area (Å²) >= 11 is 2.02. The molecule has 66 valence electrons. The van der Waals surface area contributed by atoms with Crippen LogP contribution in [-0.2, 0) is 0 Å². The van der Waals surface area contributed by atoms with Crippen molar-refractivity contribution in [3.05, 3.63) is 12.2 Å². The van der Waals surface area contributed by atoms with Crippen molar-refractivity contribution in [2.75, 3.05) is 11.5 Å². The van der Waals surface area contributed by atoms with Crippen molar-refractivity contribution >= 4 is 11.8 Å². The molecular formula is C10H20S. The van der Waals surface area contributed by atoms with E-state index in [0.29, 0.717) is 0 Å². The highest BCUT2D eigenvalue weighted by Gasteiger charge is 1.81. The Balaban J connectivity index is 2.91. The molecule has 0 N–H and O–H groups in total.